The summed E-state index contributed by atoms with van der Waals surface area (Å²) in [5, 5.41) is 3.30. The maximum absolute atomic E-state index is 11.3. The number of esters is 1. The van der Waals surface area contributed by atoms with Crippen molar-refractivity contribution in [1.29, 1.82) is 0 Å². The van der Waals surface area contributed by atoms with Gasteiger partial charge in [-0.3, -0.25) is 4.79 Å². The fraction of sp³-hybridized carbons (Fsp3) is 0.889. The summed E-state index contributed by atoms with van der Waals surface area (Å²) < 4.78 is 5.06. The molecule has 0 amide bonds. The van der Waals surface area contributed by atoms with Crippen LogP contribution in [0.5, 0.6) is 0 Å². The molecule has 1 aliphatic heterocycles. The van der Waals surface area contributed by atoms with E-state index in [1.807, 2.05) is 25.6 Å². The Kier molecular flexibility index (Phi) is 4.59. The molecular weight excluding hydrogens is 186 g/mol. The summed E-state index contributed by atoms with van der Waals surface area (Å²) >= 11 is 1.89. The molecule has 1 atom stereocenters. The minimum absolute atomic E-state index is 0.00347. The Morgan fingerprint density at radius 3 is 3.00 bits per heavy atom. The van der Waals surface area contributed by atoms with Crippen LogP contribution in [0, 0.1) is 0 Å². The van der Waals surface area contributed by atoms with Gasteiger partial charge in [0, 0.05) is 24.1 Å². The van der Waals surface area contributed by atoms with Crippen LogP contribution in [0.15, 0.2) is 0 Å². The van der Waals surface area contributed by atoms with Crippen LogP contribution < -0.4 is 5.32 Å². The topological polar surface area (TPSA) is 38.3 Å². The van der Waals surface area contributed by atoms with Gasteiger partial charge in [-0.05, 0) is 13.8 Å². The molecule has 0 saturated carbocycles. The number of nitrogens with one attached hydrogen (secondary N) is 1. The van der Waals surface area contributed by atoms with Gasteiger partial charge in [-0.1, -0.05) is 0 Å². The summed E-state index contributed by atoms with van der Waals surface area (Å²) in [5.74, 6) is 2.08. The van der Waals surface area contributed by atoms with Crippen LogP contribution in [0.25, 0.3) is 0 Å². The zero-order valence-electron chi connectivity index (χ0n) is 8.21. The molecule has 1 N–H and O–H groups in total. The maximum atomic E-state index is 11.3. The summed E-state index contributed by atoms with van der Waals surface area (Å²) in [4.78, 5) is 11.3. The molecule has 0 aliphatic carbocycles. The fourth-order valence-electron chi connectivity index (χ4n) is 1.26. The average Bonchev–Trinajstić information content (AvgIpc) is 2.04. The van der Waals surface area contributed by atoms with Crippen molar-refractivity contribution in [2.75, 3.05) is 18.1 Å². The predicted octanol–water partition coefficient (Wildman–Crippen LogP) is 1.03. The molecule has 1 saturated heterocycles. The van der Waals surface area contributed by atoms with Gasteiger partial charge < -0.3 is 10.1 Å². The largest absolute Gasteiger partial charge is 0.463 e. The fourth-order valence-corrected chi connectivity index (χ4v) is 2.21. The quantitative estimate of drug-likeness (QED) is 0.695. The van der Waals surface area contributed by atoms with Crippen molar-refractivity contribution < 1.29 is 9.53 Å². The molecule has 76 valence electrons. The third-order valence-corrected chi connectivity index (χ3v) is 2.91. The highest BCUT2D eigenvalue weighted by Gasteiger charge is 2.17. The van der Waals surface area contributed by atoms with Crippen molar-refractivity contribution in [2.45, 2.75) is 32.4 Å². The molecule has 1 heterocycles. The monoisotopic (exact) mass is 203 g/mol. The molecule has 0 aromatic heterocycles. The van der Waals surface area contributed by atoms with Gasteiger partial charge in [0.2, 0.25) is 0 Å². The molecule has 1 aliphatic rings. The number of carbonyl (C=O) groups excluding carboxylic acids is 1. The highest BCUT2D eigenvalue weighted by atomic mass is 32.2. The highest BCUT2D eigenvalue weighted by Crippen LogP contribution is 2.10. The van der Waals surface area contributed by atoms with Gasteiger partial charge in [-0.25, -0.2) is 0 Å². The van der Waals surface area contributed by atoms with Gasteiger partial charge in [0.25, 0.3) is 0 Å². The summed E-state index contributed by atoms with van der Waals surface area (Å²) in [5.41, 5.74) is 0. The van der Waals surface area contributed by atoms with E-state index in [1.54, 1.807) is 0 Å². The summed E-state index contributed by atoms with van der Waals surface area (Å²) in [6.45, 7) is 4.76. The maximum Gasteiger partial charge on any atom is 0.307 e. The number of thioether (sulfide) groups is 1. The van der Waals surface area contributed by atoms with E-state index in [0.29, 0.717) is 12.5 Å². The molecular formula is C9H17NO2S. The van der Waals surface area contributed by atoms with E-state index in [9.17, 15) is 4.79 Å². The van der Waals surface area contributed by atoms with Crippen molar-refractivity contribution in [3.05, 3.63) is 0 Å². The van der Waals surface area contributed by atoms with Gasteiger partial charge >= 0.3 is 5.97 Å². The Labute approximate surface area is 83.6 Å². The smallest absolute Gasteiger partial charge is 0.307 e. The van der Waals surface area contributed by atoms with Gasteiger partial charge in [-0.15, -0.1) is 0 Å². The Bertz CT molecular complexity index is 167. The summed E-state index contributed by atoms with van der Waals surface area (Å²) in [7, 11) is 0. The number of rotatable bonds is 3. The first-order valence-electron chi connectivity index (χ1n) is 4.69. The van der Waals surface area contributed by atoms with Crippen molar-refractivity contribution in [1.82, 2.24) is 5.32 Å². The second kappa shape index (κ2) is 5.50. The van der Waals surface area contributed by atoms with Gasteiger partial charge in [-0.2, -0.15) is 11.8 Å². The Hall–Kier alpha value is -0.220. The van der Waals surface area contributed by atoms with E-state index < -0.39 is 0 Å². The van der Waals surface area contributed by atoms with E-state index in [-0.39, 0.29) is 12.1 Å². The third-order valence-electron chi connectivity index (χ3n) is 1.78. The Morgan fingerprint density at radius 2 is 2.46 bits per heavy atom. The van der Waals surface area contributed by atoms with Crippen LogP contribution in [0.2, 0.25) is 0 Å². The first kappa shape index (κ1) is 10.9. The molecule has 1 unspecified atom stereocenters. The first-order valence-corrected chi connectivity index (χ1v) is 5.84. The van der Waals surface area contributed by atoms with Gasteiger partial charge in [0.05, 0.1) is 12.5 Å². The average molecular weight is 203 g/mol. The lowest BCUT2D eigenvalue weighted by Crippen LogP contribution is -2.39. The minimum atomic E-state index is -0.0880. The lowest BCUT2D eigenvalue weighted by molar-refractivity contribution is -0.147. The lowest BCUT2D eigenvalue weighted by atomic mass is 10.2. The number of ether oxygens (including phenoxy) is 1. The van der Waals surface area contributed by atoms with E-state index >= 15 is 0 Å². The number of hydrogen-bond acceptors (Lipinski definition) is 4. The van der Waals surface area contributed by atoms with Gasteiger partial charge in [0.1, 0.15) is 0 Å². The van der Waals surface area contributed by atoms with E-state index in [1.165, 1.54) is 0 Å². The molecule has 0 spiro atoms. The second-order valence-electron chi connectivity index (χ2n) is 3.47. The minimum Gasteiger partial charge on any atom is -0.463 e. The van der Waals surface area contributed by atoms with Crippen LogP contribution in [0.1, 0.15) is 20.3 Å². The second-order valence-corrected chi connectivity index (χ2v) is 4.62. The normalized spacial score (nSPS) is 23.2. The highest BCUT2D eigenvalue weighted by molar-refractivity contribution is 7.99. The van der Waals surface area contributed by atoms with Crippen LogP contribution >= 0.6 is 11.8 Å². The Balaban J connectivity index is 2.18. The SMILES string of the molecule is CC(C)OC(=O)CC1CSCCN1. The van der Waals surface area contributed by atoms with Crippen molar-refractivity contribution in [3.8, 4) is 0 Å². The summed E-state index contributed by atoms with van der Waals surface area (Å²) in [6, 6.07) is 0.310. The molecule has 0 aromatic carbocycles. The standard InChI is InChI=1S/C9H17NO2S/c1-7(2)12-9(11)5-8-6-13-4-3-10-8/h7-8,10H,3-6H2,1-2H3. The van der Waals surface area contributed by atoms with E-state index in [0.717, 1.165) is 18.1 Å². The molecule has 1 rings (SSSR count). The molecule has 0 aromatic rings. The predicted molar refractivity (Wildman–Crippen MR) is 55.0 cm³/mol. The molecule has 4 heteroatoms. The van der Waals surface area contributed by atoms with Gasteiger partial charge in [0.15, 0.2) is 0 Å². The summed E-state index contributed by atoms with van der Waals surface area (Å²) in [6.07, 6.45) is 0.509. The molecule has 3 nitrogen and oxygen atoms in total. The van der Waals surface area contributed by atoms with E-state index in [2.05, 4.69) is 5.32 Å². The lowest BCUT2D eigenvalue weighted by Gasteiger charge is -2.22. The molecule has 0 radical (unpaired) electrons. The van der Waals surface area contributed by atoms with Crippen LogP contribution in [0.3, 0.4) is 0 Å². The number of carbonyl (C=O) groups is 1. The van der Waals surface area contributed by atoms with Crippen molar-refractivity contribution >= 4 is 17.7 Å². The van der Waals surface area contributed by atoms with Crippen LogP contribution in [0.4, 0.5) is 0 Å². The van der Waals surface area contributed by atoms with E-state index in [4.69, 9.17) is 4.74 Å². The molecule has 1 fully saturated rings. The number of hydrogen-bond donors (Lipinski definition) is 1. The first-order chi connectivity index (χ1) is 6.18. The Morgan fingerprint density at radius 1 is 1.69 bits per heavy atom. The third kappa shape index (κ3) is 4.52. The van der Waals surface area contributed by atoms with Crippen molar-refractivity contribution in [3.63, 3.8) is 0 Å². The zero-order chi connectivity index (χ0) is 9.68. The zero-order valence-corrected chi connectivity index (χ0v) is 9.02. The van der Waals surface area contributed by atoms with Crippen molar-refractivity contribution in [2.24, 2.45) is 0 Å². The molecule has 0 bridgehead atoms. The molecule has 13 heavy (non-hydrogen) atoms. The van der Waals surface area contributed by atoms with Crippen LogP contribution in [-0.4, -0.2) is 36.2 Å². The van der Waals surface area contributed by atoms with Crippen LogP contribution in [-0.2, 0) is 9.53 Å².